The van der Waals surface area contributed by atoms with Gasteiger partial charge in [-0.3, -0.25) is 0 Å². The first-order valence-corrected chi connectivity index (χ1v) is 11.5. The van der Waals surface area contributed by atoms with Crippen LogP contribution in [0.15, 0.2) is 60.8 Å². The molecule has 0 aliphatic rings. The van der Waals surface area contributed by atoms with Crippen LogP contribution in [0.1, 0.15) is 48.9 Å². The monoisotopic (exact) mass is 459 g/mol. The Morgan fingerprint density at radius 2 is 1.85 bits per heavy atom. The van der Waals surface area contributed by atoms with E-state index in [1.807, 2.05) is 44.3 Å². The molecule has 0 amide bonds. The van der Waals surface area contributed by atoms with E-state index in [2.05, 4.69) is 16.5 Å². The van der Waals surface area contributed by atoms with Gasteiger partial charge in [0, 0.05) is 18.2 Å². The summed E-state index contributed by atoms with van der Waals surface area (Å²) in [5.74, 6) is 0.915. The van der Waals surface area contributed by atoms with Crippen LogP contribution in [0.25, 0.3) is 11.2 Å². The summed E-state index contributed by atoms with van der Waals surface area (Å²) in [7, 11) is 0. The smallest absolute Gasteiger partial charge is 0.349 e. The Morgan fingerprint density at radius 3 is 2.56 bits per heavy atom. The van der Waals surface area contributed by atoms with Crippen molar-refractivity contribution in [2.24, 2.45) is 0 Å². The maximum absolute atomic E-state index is 12.0. The zero-order valence-electron chi connectivity index (χ0n) is 19.7. The van der Waals surface area contributed by atoms with Crippen molar-refractivity contribution < 1.29 is 19.4 Å². The summed E-state index contributed by atoms with van der Waals surface area (Å²) in [4.78, 5) is 21.4. The van der Waals surface area contributed by atoms with Crippen molar-refractivity contribution >= 4 is 17.1 Å². The molecule has 4 rings (SSSR count). The lowest BCUT2D eigenvalue weighted by Gasteiger charge is -2.18. The maximum atomic E-state index is 12.0. The molecule has 176 valence electrons. The summed E-state index contributed by atoms with van der Waals surface area (Å²) < 4.78 is 13.6. The van der Waals surface area contributed by atoms with Crippen LogP contribution < -0.4 is 9.47 Å². The van der Waals surface area contributed by atoms with Gasteiger partial charge in [-0.1, -0.05) is 37.3 Å². The fraction of sp³-hybridized carbons (Fsp3) is 0.296. The molecule has 0 spiro atoms. The Hall–Kier alpha value is -3.87. The lowest BCUT2D eigenvalue weighted by Crippen LogP contribution is -2.19. The predicted octanol–water partition coefficient (Wildman–Crippen LogP) is 5.34. The van der Waals surface area contributed by atoms with Crippen molar-refractivity contribution in [3.63, 3.8) is 0 Å². The summed E-state index contributed by atoms with van der Waals surface area (Å²) >= 11 is 0. The molecular formula is C27H29N3O4. The minimum Gasteiger partial charge on any atom is -0.493 e. The zero-order valence-corrected chi connectivity index (χ0v) is 19.7. The van der Waals surface area contributed by atoms with Crippen LogP contribution in [-0.2, 0) is 17.8 Å². The third-order valence-electron chi connectivity index (χ3n) is 5.63. The second-order valence-corrected chi connectivity index (χ2v) is 8.12. The van der Waals surface area contributed by atoms with Gasteiger partial charge in [0.1, 0.15) is 22.8 Å². The van der Waals surface area contributed by atoms with Crippen LogP contribution >= 0.6 is 0 Å². The molecule has 1 atom stereocenters. The summed E-state index contributed by atoms with van der Waals surface area (Å²) in [6.45, 7) is 7.11. The number of benzene rings is 2. The number of hydrogen-bond donors (Lipinski definition) is 1. The highest BCUT2D eigenvalue weighted by molar-refractivity contribution is 5.76. The molecule has 0 saturated heterocycles. The summed E-state index contributed by atoms with van der Waals surface area (Å²) in [5.41, 5.74) is 4.45. The zero-order chi connectivity index (χ0) is 24.1. The molecule has 1 unspecified atom stereocenters. The number of aryl methyl sites for hydroxylation is 2. The molecule has 2 heterocycles. The summed E-state index contributed by atoms with van der Waals surface area (Å²) in [5, 5.41) is 9.81. The van der Waals surface area contributed by atoms with Gasteiger partial charge in [-0.15, -0.1) is 0 Å². The fourth-order valence-corrected chi connectivity index (χ4v) is 3.99. The SMILES string of the molecule is CCCc1nc2c(C)ccnc2n1Cc1ccc(OC(C(=O)O)c2ccccc2OCC)cc1. The van der Waals surface area contributed by atoms with Crippen molar-refractivity contribution in [1.82, 2.24) is 14.5 Å². The molecule has 7 nitrogen and oxygen atoms in total. The molecule has 7 heteroatoms. The van der Waals surface area contributed by atoms with Crippen LogP contribution in [0.4, 0.5) is 0 Å². The molecule has 0 radical (unpaired) electrons. The first-order chi connectivity index (χ1) is 16.5. The highest BCUT2D eigenvalue weighted by Gasteiger charge is 2.25. The number of ether oxygens (including phenoxy) is 2. The number of carboxylic acids is 1. The van der Waals surface area contributed by atoms with Crippen LogP contribution in [0.2, 0.25) is 0 Å². The van der Waals surface area contributed by atoms with Crippen LogP contribution in [0.5, 0.6) is 11.5 Å². The van der Waals surface area contributed by atoms with Gasteiger partial charge in [0.2, 0.25) is 6.10 Å². The van der Waals surface area contributed by atoms with Gasteiger partial charge in [0.05, 0.1) is 13.2 Å². The fourth-order valence-electron chi connectivity index (χ4n) is 3.99. The maximum Gasteiger partial charge on any atom is 0.349 e. The molecule has 0 aliphatic heterocycles. The molecular weight excluding hydrogens is 430 g/mol. The molecule has 0 aliphatic carbocycles. The summed E-state index contributed by atoms with van der Waals surface area (Å²) in [6.07, 6.45) is 2.51. The average Bonchev–Trinajstić information content (AvgIpc) is 3.18. The van der Waals surface area contributed by atoms with E-state index in [0.29, 0.717) is 30.2 Å². The second-order valence-electron chi connectivity index (χ2n) is 8.12. The van der Waals surface area contributed by atoms with Gasteiger partial charge in [-0.2, -0.15) is 0 Å². The quantitative estimate of drug-likeness (QED) is 0.344. The molecule has 1 N–H and O–H groups in total. The molecule has 2 aromatic heterocycles. The van der Waals surface area contributed by atoms with E-state index < -0.39 is 12.1 Å². The molecule has 0 bridgehead atoms. The molecule has 0 fully saturated rings. The number of fused-ring (bicyclic) bond motifs is 1. The number of carboxylic acid groups (broad SMARTS) is 1. The van der Waals surface area contributed by atoms with Crippen molar-refractivity contribution in [2.45, 2.75) is 46.3 Å². The first kappa shape index (κ1) is 23.3. The van der Waals surface area contributed by atoms with E-state index in [1.54, 1.807) is 30.3 Å². The lowest BCUT2D eigenvalue weighted by atomic mass is 10.1. The Bertz CT molecular complexity index is 1280. The normalized spacial score (nSPS) is 12.0. The van der Waals surface area contributed by atoms with Crippen molar-refractivity contribution in [2.75, 3.05) is 6.61 Å². The molecule has 2 aromatic carbocycles. The third-order valence-corrected chi connectivity index (χ3v) is 5.63. The number of rotatable bonds is 10. The van der Waals surface area contributed by atoms with E-state index in [0.717, 1.165) is 41.0 Å². The molecule has 34 heavy (non-hydrogen) atoms. The van der Waals surface area contributed by atoms with Crippen molar-refractivity contribution in [3.05, 3.63) is 83.3 Å². The lowest BCUT2D eigenvalue weighted by molar-refractivity contribution is -0.145. The van der Waals surface area contributed by atoms with Crippen LogP contribution in [0, 0.1) is 6.92 Å². The Kier molecular flexibility index (Phi) is 7.11. The van der Waals surface area contributed by atoms with Crippen LogP contribution in [-0.4, -0.2) is 32.2 Å². The minimum atomic E-state index is -1.17. The summed E-state index contributed by atoms with van der Waals surface area (Å²) in [6, 6.07) is 16.5. The minimum absolute atomic E-state index is 0.440. The Labute approximate surface area is 199 Å². The van der Waals surface area contributed by atoms with E-state index in [1.165, 1.54) is 0 Å². The average molecular weight is 460 g/mol. The van der Waals surface area contributed by atoms with Gasteiger partial charge in [-0.05, 0) is 55.7 Å². The number of para-hydroxylation sites is 1. The van der Waals surface area contributed by atoms with Gasteiger partial charge >= 0.3 is 5.97 Å². The molecule has 4 aromatic rings. The third kappa shape index (κ3) is 4.88. The highest BCUT2D eigenvalue weighted by atomic mass is 16.5. The van der Waals surface area contributed by atoms with Gasteiger partial charge < -0.3 is 19.1 Å². The van der Waals surface area contributed by atoms with E-state index in [-0.39, 0.29) is 0 Å². The van der Waals surface area contributed by atoms with Crippen molar-refractivity contribution in [1.29, 1.82) is 0 Å². The first-order valence-electron chi connectivity index (χ1n) is 11.5. The van der Waals surface area contributed by atoms with E-state index >= 15 is 0 Å². The second kappa shape index (κ2) is 10.4. The number of aliphatic carboxylic acids is 1. The highest BCUT2D eigenvalue weighted by Crippen LogP contribution is 2.30. The van der Waals surface area contributed by atoms with Gasteiger partial charge in [0.15, 0.2) is 5.65 Å². The van der Waals surface area contributed by atoms with E-state index in [9.17, 15) is 9.90 Å². The number of carbonyl (C=O) groups is 1. The van der Waals surface area contributed by atoms with Crippen LogP contribution in [0.3, 0.4) is 0 Å². The van der Waals surface area contributed by atoms with Gasteiger partial charge in [-0.25, -0.2) is 14.8 Å². The number of aromatic nitrogens is 3. The van der Waals surface area contributed by atoms with Crippen molar-refractivity contribution in [3.8, 4) is 11.5 Å². The Morgan fingerprint density at radius 1 is 1.09 bits per heavy atom. The predicted molar refractivity (Wildman–Crippen MR) is 130 cm³/mol. The standard InChI is InChI=1S/C27H29N3O4/c1-4-8-23-29-24-18(3)15-16-28-26(24)30(23)17-19-11-13-20(14-12-19)34-25(27(31)32)21-9-6-7-10-22(21)33-5-2/h6-7,9-16,25H,4-5,8,17H2,1-3H3,(H,31,32). The number of hydrogen-bond acceptors (Lipinski definition) is 5. The van der Waals surface area contributed by atoms with Gasteiger partial charge in [0.25, 0.3) is 0 Å². The number of nitrogens with zero attached hydrogens (tertiary/aromatic N) is 3. The van der Waals surface area contributed by atoms with E-state index in [4.69, 9.17) is 14.5 Å². The topological polar surface area (TPSA) is 86.5 Å². The number of imidazole rings is 1. The Balaban J connectivity index is 1.58. The largest absolute Gasteiger partial charge is 0.493 e. The number of pyridine rings is 1. The molecule has 0 saturated carbocycles.